The third-order valence-electron chi connectivity index (χ3n) is 6.18. The van der Waals surface area contributed by atoms with Crippen molar-refractivity contribution in [3.63, 3.8) is 0 Å². The standard InChI is InChI=1S/C30H27F3N2O4/c1-19-17-26(20(2)35(19)23-11-13-24(14-12-23)39-30(32)33)28(36)18-38-29(37)25-5-3-4-6-27(25)34-16-15-21-7-9-22(31)10-8-21/h3-14,17,30,34H,15-16,18H2,1-2H3. The molecule has 0 aliphatic rings. The van der Waals surface area contributed by atoms with Crippen molar-refractivity contribution in [2.24, 2.45) is 0 Å². The van der Waals surface area contributed by atoms with E-state index in [-0.39, 0.29) is 17.3 Å². The normalized spacial score (nSPS) is 10.9. The molecule has 3 aromatic carbocycles. The fraction of sp³-hybridized carbons (Fsp3) is 0.200. The molecule has 6 nitrogen and oxygen atoms in total. The summed E-state index contributed by atoms with van der Waals surface area (Å²) < 4.78 is 49.5. The number of halogens is 3. The molecule has 0 aliphatic carbocycles. The van der Waals surface area contributed by atoms with E-state index >= 15 is 0 Å². The van der Waals surface area contributed by atoms with E-state index in [0.29, 0.717) is 41.2 Å². The minimum absolute atomic E-state index is 0.0321. The van der Waals surface area contributed by atoms with E-state index in [1.807, 2.05) is 11.5 Å². The number of carbonyl (C=O) groups excluding carboxylic acids is 2. The third kappa shape index (κ3) is 6.87. The number of alkyl halides is 2. The number of aryl methyl sites for hydroxylation is 1. The van der Waals surface area contributed by atoms with Gasteiger partial charge in [0.15, 0.2) is 6.61 Å². The SMILES string of the molecule is Cc1cc(C(=O)COC(=O)c2ccccc2NCCc2ccc(F)cc2)c(C)n1-c1ccc(OC(F)F)cc1. The van der Waals surface area contributed by atoms with Crippen LogP contribution >= 0.6 is 0 Å². The Labute approximate surface area is 224 Å². The Morgan fingerprint density at radius 3 is 2.31 bits per heavy atom. The number of ketones is 1. The topological polar surface area (TPSA) is 69.6 Å². The van der Waals surface area contributed by atoms with Gasteiger partial charge in [-0.1, -0.05) is 24.3 Å². The highest BCUT2D eigenvalue weighted by Gasteiger charge is 2.20. The van der Waals surface area contributed by atoms with Gasteiger partial charge >= 0.3 is 12.6 Å². The van der Waals surface area contributed by atoms with Crippen LogP contribution in [0.2, 0.25) is 0 Å². The molecule has 4 aromatic rings. The van der Waals surface area contributed by atoms with Crippen molar-refractivity contribution < 1.29 is 32.2 Å². The third-order valence-corrected chi connectivity index (χ3v) is 6.18. The number of carbonyl (C=O) groups is 2. The molecule has 1 heterocycles. The van der Waals surface area contributed by atoms with E-state index in [1.54, 1.807) is 61.5 Å². The number of benzene rings is 3. The Bertz CT molecular complexity index is 1450. The smallest absolute Gasteiger partial charge is 0.387 e. The molecule has 1 N–H and O–H groups in total. The van der Waals surface area contributed by atoms with Gasteiger partial charge in [-0.25, -0.2) is 9.18 Å². The summed E-state index contributed by atoms with van der Waals surface area (Å²) in [6.07, 6.45) is 0.625. The Balaban J connectivity index is 1.39. The van der Waals surface area contributed by atoms with Crippen LogP contribution in [0.4, 0.5) is 18.9 Å². The van der Waals surface area contributed by atoms with Gasteiger partial charge in [0.2, 0.25) is 5.78 Å². The average Bonchev–Trinajstić information content (AvgIpc) is 3.22. The maximum absolute atomic E-state index is 13.1. The van der Waals surface area contributed by atoms with E-state index < -0.39 is 19.2 Å². The van der Waals surface area contributed by atoms with Gasteiger partial charge in [0.05, 0.1) is 5.56 Å². The molecule has 0 aliphatic heterocycles. The molecule has 0 bridgehead atoms. The summed E-state index contributed by atoms with van der Waals surface area (Å²) in [5.41, 5.74) is 4.24. The van der Waals surface area contributed by atoms with Crippen LogP contribution in [-0.2, 0) is 11.2 Å². The zero-order valence-electron chi connectivity index (χ0n) is 21.4. The van der Waals surface area contributed by atoms with Gasteiger partial charge in [0, 0.05) is 34.9 Å². The zero-order chi connectivity index (χ0) is 27.9. The largest absolute Gasteiger partial charge is 0.454 e. The minimum atomic E-state index is -2.91. The number of esters is 1. The first-order valence-electron chi connectivity index (χ1n) is 12.2. The van der Waals surface area contributed by atoms with E-state index in [0.717, 1.165) is 11.3 Å². The molecule has 0 atom stereocenters. The van der Waals surface area contributed by atoms with Crippen LogP contribution in [0.5, 0.6) is 5.75 Å². The lowest BCUT2D eigenvalue weighted by molar-refractivity contribution is -0.0498. The molecule has 202 valence electrons. The van der Waals surface area contributed by atoms with Crippen LogP contribution in [-0.4, -0.2) is 36.1 Å². The van der Waals surface area contributed by atoms with Crippen molar-refractivity contribution in [3.8, 4) is 11.4 Å². The van der Waals surface area contributed by atoms with Crippen molar-refractivity contribution in [2.45, 2.75) is 26.9 Å². The summed E-state index contributed by atoms with van der Waals surface area (Å²) in [6.45, 7) is 0.714. The number of anilines is 1. The van der Waals surface area contributed by atoms with E-state index in [9.17, 15) is 22.8 Å². The Hall–Kier alpha value is -4.53. The number of aromatic nitrogens is 1. The molecule has 0 unspecified atom stereocenters. The first kappa shape index (κ1) is 27.5. The van der Waals surface area contributed by atoms with E-state index in [4.69, 9.17) is 4.74 Å². The van der Waals surface area contributed by atoms with Crippen LogP contribution in [0.1, 0.15) is 37.7 Å². The highest BCUT2D eigenvalue weighted by Crippen LogP contribution is 2.24. The van der Waals surface area contributed by atoms with Crippen LogP contribution in [0.3, 0.4) is 0 Å². The predicted molar refractivity (Wildman–Crippen MR) is 142 cm³/mol. The van der Waals surface area contributed by atoms with Crippen molar-refractivity contribution in [2.75, 3.05) is 18.5 Å². The fourth-order valence-electron chi connectivity index (χ4n) is 4.31. The summed E-state index contributed by atoms with van der Waals surface area (Å²) in [5, 5.41) is 3.20. The molecule has 39 heavy (non-hydrogen) atoms. The second-order valence-corrected chi connectivity index (χ2v) is 8.84. The molecule has 1 aromatic heterocycles. The Morgan fingerprint density at radius 2 is 1.62 bits per heavy atom. The van der Waals surface area contributed by atoms with Gasteiger partial charge in [0.1, 0.15) is 11.6 Å². The van der Waals surface area contributed by atoms with Gasteiger partial charge in [-0.2, -0.15) is 8.78 Å². The maximum atomic E-state index is 13.1. The van der Waals surface area contributed by atoms with Crippen molar-refractivity contribution in [3.05, 3.63) is 113 Å². The number of nitrogens with zero attached hydrogens (tertiary/aromatic N) is 1. The van der Waals surface area contributed by atoms with Crippen LogP contribution in [0.25, 0.3) is 5.69 Å². The number of ether oxygens (including phenoxy) is 2. The number of rotatable bonds is 11. The average molecular weight is 537 g/mol. The first-order valence-corrected chi connectivity index (χ1v) is 12.2. The molecule has 0 spiro atoms. The number of nitrogens with one attached hydrogen (secondary N) is 1. The van der Waals surface area contributed by atoms with Crippen LogP contribution < -0.4 is 10.1 Å². The summed E-state index contributed by atoms with van der Waals surface area (Å²) >= 11 is 0. The van der Waals surface area contributed by atoms with Crippen LogP contribution in [0, 0.1) is 19.7 Å². The zero-order valence-corrected chi connectivity index (χ0v) is 21.4. The molecule has 0 radical (unpaired) electrons. The molecule has 9 heteroatoms. The highest BCUT2D eigenvalue weighted by atomic mass is 19.3. The molecule has 0 amide bonds. The number of Topliss-reactive ketones (excluding diaryl/α,β-unsaturated/α-hetero) is 1. The van der Waals surface area contributed by atoms with Gasteiger partial charge < -0.3 is 19.4 Å². The fourth-order valence-corrected chi connectivity index (χ4v) is 4.31. The molecular formula is C30H27F3N2O4. The van der Waals surface area contributed by atoms with Crippen LogP contribution in [0.15, 0.2) is 78.9 Å². The number of para-hydroxylation sites is 1. The van der Waals surface area contributed by atoms with Crippen molar-refractivity contribution >= 4 is 17.4 Å². The van der Waals surface area contributed by atoms with Gasteiger partial charge in [-0.15, -0.1) is 0 Å². The van der Waals surface area contributed by atoms with Crippen molar-refractivity contribution in [1.82, 2.24) is 4.57 Å². The maximum Gasteiger partial charge on any atom is 0.387 e. The summed E-state index contributed by atoms with van der Waals surface area (Å²) in [7, 11) is 0. The predicted octanol–water partition coefficient (Wildman–Crippen LogP) is 6.53. The molecule has 0 fully saturated rings. The Morgan fingerprint density at radius 1 is 0.923 bits per heavy atom. The lowest BCUT2D eigenvalue weighted by Crippen LogP contribution is -2.17. The summed E-state index contributed by atoms with van der Waals surface area (Å²) in [4.78, 5) is 25.8. The monoisotopic (exact) mass is 536 g/mol. The number of hydrogen-bond acceptors (Lipinski definition) is 5. The molecular weight excluding hydrogens is 509 g/mol. The molecule has 0 saturated heterocycles. The van der Waals surface area contributed by atoms with E-state index in [1.165, 1.54) is 24.3 Å². The molecule has 0 saturated carbocycles. The lowest BCUT2D eigenvalue weighted by atomic mass is 10.1. The summed E-state index contributed by atoms with van der Waals surface area (Å²) in [5.74, 6) is -1.28. The second-order valence-electron chi connectivity index (χ2n) is 8.84. The van der Waals surface area contributed by atoms with Crippen molar-refractivity contribution in [1.29, 1.82) is 0 Å². The quantitative estimate of drug-likeness (QED) is 0.174. The first-order chi connectivity index (χ1) is 18.7. The highest BCUT2D eigenvalue weighted by molar-refractivity contribution is 6.01. The minimum Gasteiger partial charge on any atom is -0.454 e. The number of hydrogen-bond donors (Lipinski definition) is 1. The second kappa shape index (κ2) is 12.3. The Kier molecular flexibility index (Phi) is 8.70. The lowest BCUT2D eigenvalue weighted by Gasteiger charge is -2.12. The van der Waals surface area contributed by atoms with Gasteiger partial charge in [0.25, 0.3) is 0 Å². The van der Waals surface area contributed by atoms with E-state index in [2.05, 4.69) is 10.1 Å². The van der Waals surface area contributed by atoms with Gasteiger partial charge in [-0.3, -0.25) is 4.79 Å². The summed E-state index contributed by atoms with van der Waals surface area (Å²) in [6, 6.07) is 20.8. The molecule has 4 rings (SSSR count). The van der Waals surface area contributed by atoms with Gasteiger partial charge in [-0.05, 0) is 80.4 Å².